The highest BCUT2D eigenvalue weighted by molar-refractivity contribution is 7.47. The predicted octanol–water partition coefficient (Wildman–Crippen LogP) is 10.6. The molecule has 13 nitrogen and oxygen atoms in total. The summed E-state index contributed by atoms with van der Waals surface area (Å²) >= 11 is 0. The van der Waals surface area contributed by atoms with Crippen LogP contribution in [0.2, 0.25) is 0 Å². The van der Waals surface area contributed by atoms with Crippen LogP contribution in [0.25, 0.3) is 0 Å². The normalized spacial score (nSPS) is 16.1. The molecule has 0 heterocycles. The Bertz CT molecular complexity index is 1330. The van der Waals surface area contributed by atoms with E-state index in [4.69, 9.17) is 19.1 Å². The van der Waals surface area contributed by atoms with Gasteiger partial charge in [0, 0.05) is 12.8 Å². The zero-order valence-corrected chi connectivity index (χ0v) is 41.3. The van der Waals surface area contributed by atoms with Crippen molar-refractivity contribution in [1.82, 2.24) is 0 Å². The van der Waals surface area contributed by atoms with Gasteiger partial charge in [0.25, 0.3) is 0 Å². The van der Waals surface area contributed by atoms with E-state index >= 15 is 0 Å². The van der Waals surface area contributed by atoms with Crippen LogP contribution in [0.4, 0.5) is 0 Å². The summed E-state index contributed by atoms with van der Waals surface area (Å²) in [6.07, 6.45) is 38.4. The SMILES string of the molecule is CC/C=C\C[C@H](O)/C=C/C=C/C=C\C=C/[C@@H](O)[C@H](O)CCCC(=O)O[C@H](COC(=O)CCCCCCCCCCCCCCCCCCCCC(C)CC)COP(=O)(O)OC[C@@H](O)CO. The van der Waals surface area contributed by atoms with Gasteiger partial charge in [0.2, 0.25) is 0 Å². The minimum atomic E-state index is -4.72. The summed E-state index contributed by atoms with van der Waals surface area (Å²) in [7, 11) is -4.72. The first-order valence-corrected chi connectivity index (χ1v) is 26.5. The average Bonchev–Trinajstić information content (AvgIpc) is 3.29. The molecule has 0 saturated heterocycles. The maximum Gasteiger partial charge on any atom is 0.472 e. The van der Waals surface area contributed by atoms with E-state index in [1.807, 2.05) is 19.1 Å². The molecular formula is C51H91O13P. The molecule has 0 bridgehead atoms. The molecule has 0 fully saturated rings. The van der Waals surface area contributed by atoms with Crippen LogP contribution in [0.1, 0.15) is 188 Å². The molecule has 0 saturated carbocycles. The van der Waals surface area contributed by atoms with Gasteiger partial charge < -0.3 is 39.9 Å². The molecule has 0 rings (SSSR count). The molecule has 0 aromatic heterocycles. The monoisotopic (exact) mass is 943 g/mol. The number of hydrogen-bond acceptors (Lipinski definition) is 12. The molecule has 2 unspecified atom stereocenters. The fourth-order valence-electron chi connectivity index (χ4n) is 6.72. The van der Waals surface area contributed by atoms with Gasteiger partial charge in [0.15, 0.2) is 6.10 Å². The first-order chi connectivity index (χ1) is 31.3. The van der Waals surface area contributed by atoms with Gasteiger partial charge in [-0.15, -0.1) is 0 Å². The van der Waals surface area contributed by atoms with Crippen LogP contribution in [0.15, 0.2) is 60.8 Å². The topological polar surface area (TPSA) is 210 Å². The van der Waals surface area contributed by atoms with Crippen molar-refractivity contribution < 1.29 is 63.1 Å². The molecule has 0 aliphatic heterocycles. The third-order valence-corrected chi connectivity index (χ3v) is 12.0. The number of esters is 2. The van der Waals surface area contributed by atoms with Crippen molar-refractivity contribution in [3.8, 4) is 0 Å². The molecule has 0 aliphatic carbocycles. The maximum atomic E-state index is 12.7. The quantitative estimate of drug-likeness (QED) is 0.0111. The molecule has 65 heavy (non-hydrogen) atoms. The van der Waals surface area contributed by atoms with Gasteiger partial charge in [-0.3, -0.25) is 18.6 Å². The van der Waals surface area contributed by atoms with E-state index in [0.29, 0.717) is 12.8 Å². The molecule has 14 heteroatoms. The minimum Gasteiger partial charge on any atom is -0.462 e. The molecule has 0 spiro atoms. The summed E-state index contributed by atoms with van der Waals surface area (Å²) in [5.74, 6) is -0.373. The number of rotatable bonds is 45. The third kappa shape index (κ3) is 42.6. The Labute approximate surface area is 393 Å². The van der Waals surface area contributed by atoms with Crippen molar-refractivity contribution in [2.75, 3.05) is 26.4 Å². The van der Waals surface area contributed by atoms with Crippen molar-refractivity contribution in [1.29, 1.82) is 0 Å². The highest BCUT2D eigenvalue weighted by Crippen LogP contribution is 2.43. The molecule has 0 radical (unpaired) electrons. The summed E-state index contributed by atoms with van der Waals surface area (Å²) < 4.78 is 32.6. The van der Waals surface area contributed by atoms with Gasteiger partial charge in [-0.2, -0.15) is 0 Å². The summed E-state index contributed by atoms with van der Waals surface area (Å²) in [6.45, 7) is 4.19. The standard InChI is InChI=1S/C51H91O13P/c1-4-6-27-34-45(53)35-29-24-21-22-25-30-36-48(55)49(56)37-32-39-51(58)64-47(43-63-65(59,60)62-41-46(54)40-52)42-61-50(57)38-31-26-20-18-16-14-12-10-8-7-9-11-13-15-17-19-23-28-33-44(3)5-2/h6,21-22,24-25,27,29-30,35-36,44-49,52-56H,4-5,7-20,23,26,28,31-34,37-43H2,1-3H3,(H,59,60)/b24-21+,25-22-,27-6-,35-29+,36-30-/t44?,45-,46-,47+,48+,49+/m0/s1. The number of unbranched alkanes of at least 4 members (excludes halogenated alkanes) is 17. The lowest BCUT2D eigenvalue weighted by atomic mass is 9.99. The number of aliphatic hydroxyl groups excluding tert-OH is 5. The number of carbonyl (C=O) groups excluding carboxylic acids is 2. The van der Waals surface area contributed by atoms with Crippen LogP contribution < -0.4 is 0 Å². The van der Waals surface area contributed by atoms with Gasteiger partial charge in [-0.05, 0) is 38.0 Å². The number of hydrogen-bond donors (Lipinski definition) is 6. The molecule has 0 aliphatic rings. The van der Waals surface area contributed by atoms with Crippen molar-refractivity contribution in [3.63, 3.8) is 0 Å². The molecule has 0 aromatic carbocycles. The minimum absolute atomic E-state index is 0.0625. The molecular weight excluding hydrogens is 852 g/mol. The third-order valence-electron chi connectivity index (χ3n) is 11.1. The summed E-state index contributed by atoms with van der Waals surface area (Å²) in [5, 5.41) is 48.9. The Morgan fingerprint density at radius 2 is 1.08 bits per heavy atom. The van der Waals surface area contributed by atoms with Crippen molar-refractivity contribution >= 4 is 19.8 Å². The summed E-state index contributed by atoms with van der Waals surface area (Å²) in [4.78, 5) is 35.2. The van der Waals surface area contributed by atoms with Gasteiger partial charge in [0.05, 0.1) is 38.1 Å². The van der Waals surface area contributed by atoms with E-state index in [2.05, 4.69) is 18.4 Å². The second kappa shape index (κ2) is 44.1. The van der Waals surface area contributed by atoms with Crippen LogP contribution in [-0.4, -0.2) is 99.3 Å². The van der Waals surface area contributed by atoms with E-state index in [1.165, 1.54) is 109 Å². The lowest BCUT2D eigenvalue weighted by molar-refractivity contribution is -0.161. The molecule has 7 atom stereocenters. The Morgan fingerprint density at radius 1 is 0.585 bits per heavy atom. The van der Waals surface area contributed by atoms with Gasteiger partial charge in [-0.1, -0.05) is 204 Å². The second-order valence-electron chi connectivity index (χ2n) is 17.3. The van der Waals surface area contributed by atoms with E-state index in [9.17, 15) is 39.5 Å². The van der Waals surface area contributed by atoms with Crippen LogP contribution in [0.3, 0.4) is 0 Å². The van der Waals surface area contributed by atoms with Crippen molar-refractivity contribution in [2.45, 2.75) is 218 Å². The number of aliphatic hydroxyl groups is 5. The first-order valence-electron chi connectivity index (χ1n) is 25.0. The van der Waals surface area contributed by atoms with Crippen molar-refractivity contribution in [2.24, 2.45) is 5.92 Å². The van der Waals surface area contributed by atoms with Crippen molar-refractivity contribution in [3.05, 3.63) is 60.8 Å². The largest absolute Gasteiger partial charge is 0.472 e. The second-order valence-corrected chi connectivity index (χ2v) is 18.7. The number of carbonyl (C=O) groups is 2. The fourth-order valence-corrected chi connectivity index (χ4v) is 7.51. The Balaban J connectivity index is 4.45. The highest BCUT2D eigenvalue weighted by Gasteiger charge is 2.27. The molecule has 0 amide bonds. The average molecular weight is 943 g/mol. The number of phosphoric ester groups is 1. The lowest BCUT2D eigenvalue weighted by Gasteiger charge is -2.20. The van der Waals surface area contributed by atoms with Gasteiger partial charge in [0.1, 0.15) is 12.7 Å². The van der Waals surface area contributed by atoms with E-state index < -0.39 is 76.7 Å². The predicted molar refractivity (Wildman–Crippen MR) is 260 cm³/mol. The van der Waals surface area contributed by atoms with Crippen LogP contribution in [-0.2, 0) is 32.7 Å². The van der Waals surface area contributed by atoms with E-state index in [1.54, 1.807) is 42.5 Å². The van der Waals surface area contributed by atoms with E-state index in [0.717, 1.165) is 31.6 Å². The maximum absolute atomic E-state index is 12.7. The van der Waals surface area contributed by atoms with E-state index in [-0.39, 0.29) is 25.7 Å². The molecule has 378 valence electrons. The Kier molecular flexibility index (Phi) is 42.4. The highest BCUT2D eigenvalue weighted by atomic mass is 31.2. The number of ether oxygens (including phenoxy) is 2. The zero-order chi connectivity index (χ0) is 48.2. The van der Waals surface area contributed by atoms with Crippen LogP contribution >= 0.6 is 7.82 Å². The van der Waals surface area contributed by atoms with Gasteiger partial charge in [-0.25, -0.2) is 4.57 Å². The number of phosphoric acid groups is 1. The Hall–Kier alpha value is -2.45. The summed E-state index contributed by atoms with van der Waals surface area (Å²) in [5.41, 5.74) is 0. The van der Waals surface area contributed by atoms with Crippen LogP contribution in [0.5, 0.6) is 0 Å². The lowest BCUT2D eigenvalue weighted by Crippen LogP contribution is -2.30. The van der Waals surface area contributed by atoms with Crippen LogP contribution in [0, 0.1) is 5.92 Å². The Morgan fingerprint density at radius 3 is 1.62 bits per heavy atom. The zero-order valence-electron chi connectivity index (χ0n) is 40.4. The summed E-state index contributed by atoms with van der Waals surface area (Å²) in [6, 6.07) is 0. The van der Waals surface area contributed by atoms with Gasteiger partial charge >= 0.3 is 19.8 Å². The first kappa shape index (κ1) is 62.5. The smallest absolute Gasteiger partial charge is 0.462 e. The number of allylic oxidation sites excluding steroid dienone is 7. The molecule has 0 aromatic rings. The molecule has 6 N–H and O–H groups in total. The fraction of sp³-hybridized carbons (Fsp3) is 0.765.